The van der Waals surface area contributed by atoms with Crippen molar-refractivity contribution < 1.29 is 17.9 Å². The molecular formula is C12H6Br2ClF3OS. The fourth-order valence-electron chi connectivity index (χ4n) is 1.49. The number of benzene rings is 1. The Bertz CT molecular complexity index is 578. The third kappa shape index (κ3) is 4.13. The molecule has 1 unspecified atom stereocenters. The van der Waals surface area contributed by atoms with E-state index in [9.17, 15) is 13.2 Å². The van der Waals surface area contributed by atoms with Crippen LogP contribution in [0.3, 0.4) is 0 Å². The highest BCUT2D eigenvalue weighted by atomic mass is 79.9. The number of hydrogen-bond acceptors (Lipinski definition) is 2. The third-order valence-corrected chi connectivity index (χ3v) is 6.26. The van der Waals surface area contributed by atoms with E-state index in [1.54, 1.807) is 0 Å². The summed E-state index contributed by atoms with van der Waals surface area (Å²) in [5, 5.41) is -0.428. The zero-order valence-electron chi connectivity index (χ0n) is 9.55. The molecule has 1 nitrogen and oxygen atoms in total. The lowest BCUT2D eigenvalue weighted by molar-refractivity contribution is -0.274. The Morgan fingerprint density at radius 2 is 1.75 bits per heavy atom. The first kappa shape index (κ1) is 16.1. The molecule has 0 spiro atoms. The van der Waals surface area contributed by atoms with Gasteiger partial charge >= 0.3 is 6.36 Å². The van der Waals surface area contributed by atoms with E-state index in [1.165, 1.54) is 35.6 Å². The summed E-state index contributed by atoms with van der Waals surface area (Å²) in [7, 11) is 0. The Morgan fingerprint density at radius 3 is 2.20 bits per heavy atom. The fourth-order valence-corrected chi connectivity index (χ4v) is 3.93. The van der Waals surface area contributed by atoms with E-state index in [0.29, 0.717) is 5.56 Å². The van der Waals surface area contributed by atoms with Crippen LogP contribution < -0.4 is 4.74 Å². The summed E-state index contributed by atoms with van der Waals surface area (Å²) >= 11 is 14.5. The average molecular weight is 451 g/mol. The molecule has 0 N–H and O–H groups in total. The van der Waals surface area contributed by atoms with Crippen LogP contribution in [0.2, 0.25) is 0 Å². The topological polar surface area (TPSA) is 9.23 Å². The molecule has 2 aromatic rings. The first-order chi connectivity index (χ1) is 9.26. The molecule has 1 atom stereocenters. The monoisotopic (exact) mass is 448 g/mol. The molecule has 0 radical (unpaired) electrons. The highest BCUT2D eigenvalue weighted by Gasteiger charge is 2.31. The Kier molecular flexibility index (Phi) is 5.05. The number of rotatable bonds is 3. The molecular weight excluding hydrogens is 444 g/mol. The molecule has 0 bridgehead atoms. The zero-order valence-corrected chi connectivity index (χ0v) is 14.3. The Morgan fingerprint density at radius 1 is 1.15 bits per heavy atom. The molecule has 20 heavy (non-hydrogen) atoms. The SMILES string of the molecule is FC(F)(F)Oc1ccc(C(Cl)c2cc(Br)c(Br)s2)cc1. The maximum atomic E-state index is 12.1. The van der Waals surface area contributed by atoms with Crippen molar-refractivity contribution in [3.8, 4) is 5.75 Å². The van der Waals surface area contributed by atoms with Crippen LogP contribution in [0.25, 0.3) is 0 Å². The Hall–Kier alpha value is -0.240. The molecule has 1 aromatic heterocycles. The summed E-state index contributed by atoms with van der Waals surface area (Å²) in [6.45, 7) is 0. The quantitative estimate of drug-likeness (QED) is 0.485. The standard InChI is InChI=1S/C12H6Br2ClF3OS/c13-8-5-9(20-11(8)14)10(15)6-1-3-7(4-2-6)19-12(16,17)18/h1-5,10H. The summed E-state index contributed by atoms with van der Waals surface area (Å²) in [4.78, 5) is 0.884. The van der Waals surface area contributed by atoms with Crippen molar-refractivity contribution in [2.75, 3.05) is 0 Å². The van der Waals surface area contributed by atoms with Crippen LogP contribution in [0.1, 0.15) is 15.8 Å². The minimum Gasteiger partial charge on any atom is -0.406 e. The van der Waals surface area contributed by atoms with E-state index < -0.39 is 11.7 Å². The van der Waals surface area contributed by atoms with Gasteiger partial charge in [0.05, 0.1) is 9.16 Å². The summed E-state index contributed by atoms with van der Waals surface area (Å²) in [5.41, 5.74) is 0.697. The molecule has 1 heterocycles. The second-order valence-corrected chi connectivity index (χ2v) is 7.44. The molecule has 0 aliphatic rings. The molecule has 0 saturated heterocycles. The van der Waals surface area contributed by atoms with Gasteiger partial charge in [-0.25, -0.2) is 0 Å². The van der Waals surface area contributed by atoms with Crippen LogP contribution in [0.4, 0.5) is 13.2 Å². The number of hydrogen-bond donors (Lipinski definition) is 0. The van der Waals surface area contributed by atoms with Crippen molar-refractivity contribution >= 4 is 54.8 Å². The molecule has 0 aliphatic carbocycles. The van der Waals surface area contributed by atoms with Gasteiger partial charge in [-0.05, 0) is 55.6 Å². The van der Waals surface area contributed by atoms with Crippen molar-refractivity contribution in [3.05, 3.63) is 49.0 Å². The van der Waals surface area contributed by atoms with E-state index in [2.05, 4.69) is 36.6 Å². The number of thiophene rings is 1. The predicted molar refractivity (Wildman–Crippen MR) is 80.5 cm³/mol. The minimum atomic E-state index is -4.69. The van der Waals surface area contributed by atoms with Crippen LogP contribution in [-0.4, -0.2) is 6.36 Å². The molecule has 2 rings (SSSR count). The highest BCUT2D eigenvalue weighted by molar-refractivity contribution is 9.13. The van der Waals surface area contributed by atoms with Crippen molar-refractivity contribution in [2.24, 2.45) is 0 Å². The largest absolute Gasteiger partial charge is 0.573 e. The number of ether oxygens (including phenoxy) is 1. The van der Waals surface area contributed by atoms with Crippen LogP contribution in [0.15, 0.2) is 38.6 Å². The Balaban J connectivity index is 2.17. The molecule has 0 amide bonds. The van der Waals surface area contributed by atoms with E-state index in [4.69, 9.17) is 11.6 Å². The second-order valence-electron chi connectivity index (χ2n) is 3.75. The van der Waals surface area contributed by atoms with Gasteiger partial charge in [-0.15, -0.1) is 36.1 Å². The molecule has 1 aromatic carbocycles. The zero-order chi connectivity index (χ0) is 14.9. The van der Waals surface area contributed by atoms with Crippen molar-refractivity contribution in [1.82, 2.24) is 0 Å². The summed E-state index contributed by atoms with van der Waals surface area (Å²) in [5.74, 6) is -0.265. The van der Waals surface area contributed by atoms with Gasteiger partial charge in [0.2, 0.25) is 0 Å². The molecule has 0 aliphatic heterocycles. The first-order valence-corrected chi connectivity index (χ1v) is 8.04. The smallest absolute Gasteiger partial charge is 0.406 e. The molecule has 0 fully saturated rings. The van der Waals surface area contributed by atoms with Gasteiger partial charge in [-0.2, -0.15) is 0 Å². The number of alkyl halides is 4. The summed E-state index contributed by atoms with van der Waals surface area (Å²) < 4.78 is 41.8. The van der Waals surface area contributed by atoms with Gasteiger partial charge in [0.25, 0.3) is 0 Å². The second kappa shape index (κ2) is 6.25. The Labute approximate surface area is 139 Å². The predicted octanol–water partition coefficient (Wildman–Crippen LogP) is 6.50. The molecule has 108 valence electrons. The van der Waals surface area contributed by atoms with Crippen molar-refractivity contribution in [2.45, 2.75) is 11.7 Å². The maximum Gasteiger partial charge on any atom is 0.573 e. The third-order valence-electron chi connectivity index (χ3n) is 2.32. The normalized spacial score (nSPS) is 13.3. The van der Waals surface area contributed by atoms with Gasteiger partial charge < -0.3 is 4.74 Å². The lowest BCUT2D eigenvalue weighted by atomic mass is 10.1. The number of halogens is 6. The van der Waals surface area contributed by atoms with Crippen molar-refractivity contribution in [1.29, 1.82) is 0 Å². The van der Waals surface area contributed by atoms with Crippen molar-refractivity contribution in [3.63, 3.8) is 0 Å². The van der Waals surface area contributed by atoms with E-state index in [0.717, 1.165) is 13.1 Å². The van der Waals surface area contributed by atoms with Crippen LogP contribution >= 0.6 is 54.8 Å². The average Bonchev–Trinajstić information content (AvgIpc) is 2.68. The van der Waals surface area contributed by atoms with Crippen LogP contribution in [-0.2, 0) is 0 Å². The van der Waals surface area contributed by atoms with Gasteiger partial charge in [0.1, 0.15) is 5.75 Å². The van der Waals surface area contributed by atoms with Crippen LogP contribution in [0, 0.1) is 0 Å². The summed E-state index contributed by atoms with van der Waals surface area (Å²) in [6.07, 6.45) is -4.69. The minimum absolute atomic E-state index is 0.265. The van der Waals surface area contributed by atoms with Gasteiger partial charge in [0.15, 0.2) is 0 Å². The fraction of sp³-hybridized carbons (Fsp3) is 0.167. The van der Waals surface area contributed by atoms with Gasteiger partial charge in [-0.3, -0.25) is 0 Å². The highest BCUT2D eigenvalue weighted by Crippen LogP contribution is 2.40. The van der Waals surface area contributed by atoms with E-state index in [-0.39, 0.29) is 5.75 Å². The molecule has 0 saturated carbocycles. The van der Waals surface area contributed by atoms with Gasteiger partial charge in [0, 0.05) is 9.35 Å². The summed E-state index contributed by atoms with van der Waals surface area (Å²) in [6, 6.07) is 7.39. The lowest BCUT2D eigenvalue weighted by Crippen LogP contribution is -2.17. The van der Waals surface area contributed by atoms with E-state index >= 15 is 0 Å². The maximum absolute atomic E-state index is 12.1. The van der Waals surface area contributed by atoms with E-state index in [1.807, 2.05) is 6.07 Å². The van der Waals surface area contributed by atoms with Gasteiger partial charge in [-0.1, -0.05) is 12.1 Å². The first-order valence-electron chi connectivity index (χ1n) is 5.21. The molecule has 8 heteroatoms. The lowest BCUT2D eigenvalue weighted by Gasteiger charge is -2.11. The van der Waals surface area contributed by atoms with Crippen LogP contribution in [0.5, 0.6) is 5.75 Å².